The van der Waals surface area contributed by atoms with E-state index in [4.69, 9.17) is 37.9 Å². The molecule has 10 nitrogen and oxygen atoms in total. The molecular formula is C24H28O10. The van der Waals surface area contributed by atoms with Crippen LogP contribution in [-0.4, -0.2) is 79.0 Å². The van der Waals surface area contributed by atoms with Gasteiger partial charge in [0, 0.05) is 11.8 Å². The van der Waals surface area contributed by atoms with Gasteiger partial charge in [0.15, 0.2) is 11.5 Å². The lowest BCUT2D eigenvalue weighted by molar-refractivity contribution is -0.142. The van der Waals surface area contributed by atoms with E-state index in [2.05, 4.69) is 0 Å². The molecule has 1 aromatic rings. The first-order chi connectivity index (χ1) is 16.7. The summed E-state index contributed by atoms with van der Waals surface area (Å²) in [6.45, 7) is 3.43. The Bertz CT molecular complexity index is 911. The minimum absolute atomic E-state index is 0.267. The zero-order valence-electron chi connectivity index (χ0n) is 19.2. The third-order valence-electron chi connectivity index (χ3n) is 6.58. The number of hydrogen-bond donors (Lipinski definition) is 0. The minimum Gasteiger partial charge on any atom is -0.487 e. The lowest BCUT2D eigenvalue weighted by Gasteiger charge is -2.40. The predicted octanol–water partition coefficient (Wildman–Crippen LogP) is 1.52. The van der Waals surface area contributed by atoms with Crippen molar-refractivity contribution in [2.24, 2.45) is 11.8 Å². The summed E-state index contributed by atoms with van der Waals surface area (Å²) in [5.74, 6) is -0.466. The lowest BCUT2D eigenvalue weighted by atomic mass is 9.60. The second-order valence-corrected chi connectivity index (χ2v) is 8.30. The molecule has 1 fully saturated rings. The molecule has 4 aliphatic rings. The average molecular weight is 476 g/mol. The molecule has 1 aromatic carbocycles. The average Bonchev–Trinajstić information content (AvgIpc) is 3.33. The normalized spacial score (nSPS) is 28.6. The topological polar surface area (TPSA) is 108 Å². The molecular weight excluding hydrogens is 448 g/mol. The Morgan fingerprint density at radius 2 is 1.06 bits per heavy atom. The van der Waals surface area contributed by atoms with E-state index in [0.717, 1.165) is 11.1 Å². The van der Waals surface area contributed by atoms with Crippen molar-refractivity contribution in [2.75, 3.05) is 67.1 Å². The molecule has 4 atom stereocenters. The second kappa shape index (κ2) is 9.91. The number of rotatable bonds is 2. The molecule has 34 heavy (non-hydrogen) atoms. The van der Waals surface area contributed by atoms with Crippen LogP contribution in [0.4, 0.5) is 0 Å². The Labute approximate surface area is 197 Å². The molecule has 0 N–H and O–H groups in total. The summed E-state index contributed by atoms with van der Waals surface area (Å²) in [6.07, 6.45) is -0.760. The summed E-state index contributed by atoms with van der Waals surface area (Å²) in [4.78, 5) is 24.9. The van der Waals surface area contributed by atoms with Crippen LogP contribution in [0.15, 0.2) is 23.3 Å². The van der Waals surface area contributed by atoms with Gasteiger partial charge in [-0.25, -0.2) is 9.59 Å². The third-order valence-corrected chi connectivity index (χ3v) is 6.58. The predicted molar refractivity (Wildman–Crippen MR) is 114 cm³/mol. The fourth-order valence-corrected chi connectivity index (χ4v) is 5.15. The number of carbonyl (C=O) groups is 2. The van der Waals surface area contributed by atoms with Crippen LogP contribution >= 0.6 is 0 Å². The smallest absolute Gasteiger partial charge is 0.334 e. The van der Waals surface area contributed by atoms with Gasteiger partial charge >= 0.3 is 11.9 Å². The van der Waals surface area contributed by atoms with Gasteiger partial charge in [0.05, 0.1) is 77.2 Å². The minimum atomic E-state index is -0.533. The van der Waals surface area contributed by atoms with Crippen LogP contribution in [0.3, 0.4) is 0 Å². The SMILES string of the molecule is COC(=O)C1=C(C(=O)OC)[C@H]2[C@@H]1[C@H]1O[C@@H]2c2cc3c(cc21)OCCOCCOCCOCCO3. The van der Waals surface area contributed by atoms with E-state index in [0.29, 0.717) is 75.5 Å². The molecule has 0 aromatic heterocycles. The first-order valence-corrected chi connectivity index (χ1v) is 11.4. The number of fused-ring (bicyclic) bond motifs is 9. The van der Waals surface area contributed by atoms with Crippen LogP contribution in [0.5, 0.6) is 11.5 Å². The highest BCUT2D eigenvalue weighted by Gasteiger charge is 2.64. The number of hydrogen-bond acceptors (Lipinski definition) is 10. The van der Waals surface area contributed by atoms with Crippen molar-refractivity contribution < 1.29 is 47.5 Å². The van der Waals surface area contributed by atoms with Crippen molar-refractivity contribution in [2.45, 2.75) is 12.2 Å². The van der Waals surface area contributed by atoms with E-state index in [1.165, 1.54) is 14.2 Å². The van der Waals surface area contributed by atoms with Gasteiger partial charge in [-0.3, -0.25) is 0 Å². The van der Waals surface area contributed by atoms with Crippen molar-refractivity contribution in [3.63, 3.8) is 0 Å². The summed E-state index contributed by atoms with van der Waals surface area (Å²) < 4.78 is 44.6. The molecule has 0 saturated carbocycles. The van der Waals surface area contributed by atoms with Crippen molar-refractivity contribution in [3.8, 4) is 11.5 Å². The van der Waals surface area contributed by atoms with E-state index in [1.54, 1.807) is 0 Å². The third kappa shape index (κ3) is 3.94. The Balaban J connectivity index is 1.43. The van der Waals surface area contributed by atoms with Crippen LogP contribution in [0.2, 0.25) is 0 Å². The Kier molecular flexibility index (Phi) is 6.73. The molecule has 0 amide bonds. The molecule has 0 spiro atoms. The lowest BCUT2D eigenvalue weighted by Crippen LogP contribution is -2.42. The molecule has 184 valence electrons. The van der Waals surface area contributed by atoms with E-state index in [1.807, 2.05) is 12.1 Å². The standard InChI is InChI=1S/C24H28O10/c1-27-23(25)19-17-18(20(19)24(26)28-2)22-14-12-16-15(11-13(14)21(17)34-22)32-9-7-30-5-3-29-4-6-31-8-10-33-16/h11-12,17-18,21-22H,3-10H2,1-2H3/t17-,18+,21-,22+. The molecule has 5 rings (SSSR count). The molecule has 2 bridgehead atoms. The van der Waals surface area contributed by atoms with E-state index in [9.17, 15) is 9.59 Å². The summed E-state index contributed by atoms with van der Waals surface area (Å²) >= 11 is 0. The van der Waals surface area contributed by atoms with Gasteiger partial charge in [-0.05, 0) is 23.3 Å². The van der Waals surface area contributed by atoms with Crippen LogP contribution in [0.1, 0.15) is 23.3 Å². The van der Waals surface area contributed by atoms with Crippen LogP contribution in [0, 0.1) is 11.8 Å². The Morgan fingerprint density at radius 3 is 1.44 bits per heavy atom. The highest BCUT2D eigenvalue weighted by atomic mass is 16.6. The quantitative estimate of drug-likeness (QED) is 0.583. The molecule has 1 aliphatic carbocycles. The first-order valence-electron chi connectivity index (χ1n) is 11.4. The van der Waals surface area contributed by atoms with Crippen molar-refractivity contribution in [3.05, 3.63) is 34.4 Å². The molecule has 0 radical (unpaired) electrons. The highest BCUT2D eigenvalue weighted by Crippen LogP contribution is 2.68. The van der Waals surface area contributed by atoms with Crippen LogP contribution in [-0.2, 0) is 38.0 Å². The maximum absolute atomic E-state index is 12.5. The van der Waals surface area contributed by atoms with E-state index < -0.39 is 11.9 Å². The number of benzene rings is 1. The van der Waals surface area contributed by atoms with Crippen molar-refractivity contribution in [1.29, 1.82) is 0 Å². The highest BCUT2D eigenvalue weighted by molar-refractivity contribution is 6.05. The summed E-state index contributed by atoms with van der Waals surface area (Å²) in [5, 5.41) is 0. The van der Waals surface area contributed by atoms with E-state index in [-0.39, 0.29) is 24.0 Å². The molecule has 3 heterocycles. The van der Waals surface area contributed by atoms with Gasteiger partial charge in [0.2, 0.25) is 0 Å². The van der Waals surface area contributed by atoms with E-state index >= 15 is 0 Å². The molecule has 10 heteroatoms. The van der Waals surface area contributed by atoms with Crippen molar-refractivity contribution >= 4 is 11.9 Å². The van der Waals surface area contributed by atoms with Gasteiger partial charge < -0.3 is 37.9 Å². The molecule has 3 aliphatic heterocycles. The number of methoxy groups -OCH3 is 2. The summed E-state index contributed by atoms with van der Waals surface area (Å²) in [5.41, 5.74) is 2.50. The summed E-state index contributed by atoms with van der Waals surface area (Å²) in [6, 6.07) is 3.80. The fraction of sp³-hybridized carbons (Fsp3) is 0.583. The number of carbonyl (C=O) groups excluding carboxylic acids is 2. The maximum Gasteiger partial charge on any atom is 0.334 e. The van der Waals surface area contributed by atoms with Gasteiger partial charge in [-0.2, -0.15) is 0 Å². The Morgan fingerprint density at radius 1 is 0.676 bits per heavy atom. The van der Waals surface area contributed by atoms with Gasteiger partial charge in [0.25, 0.3) is 0 Å². The van der Waals surface area contributed by atoms with Crippen molar-refractivity contribution in [1.82, 2.24) is 0 Å². The second-order valence-electron chi connectivity index (χ2n) is 8.30. The Hall–Kier alpha value is -2.66. The first kappa shape index (κ1) is 23.1. The van der Waals surface area contributed by atoms with Crippen LogP contribution in [0.25, 0.3) is 0 Å². The van der Waals surface area contributed by atoms with Gasteiger partial charge in [-0.15, -0.1) is 0 Å². The molecule has 1 saturated heterocycles. The largest absolute Gasteiger partial charge is 0.487 e. The molecule has 0 unspecified atom stereocenters. The monoisotopic (exact) mass is 476 g/mol. The zero-order valence-corrected chi connectivity index (χ0v) is 19.2. The van der Waals surface area contributed by atoms with Crippen LogP contribution < -0.4 is 9.47 Å². The fourth-order valence-electron chi connectivity index (χ4n) is 5.15. The maximum atomic E-state index is 12.5. The van der Waals surface area contributed by atoms with Gasteiger partial charge in [0.1, 0.15) is 13.2 Å². The zero-order chi connectivity index (χ0) is 23.7. The summed E-state index contributed by atoms with van der Waals surface area (Å²) in [7, 11) is 2.60. The number of esters is 2. The van der Waals surface area contributed by atoms with Gasteiger partial charge in [-0.1, -0.05) is 0 Å². The number of ether oxygens (including phenoxy) is 8.